The van der Waals surface area contributed by atoms with Crippen LogP contribution in [0.3, 0.4) is 0 Å². The highest BCUT2D eigenvalue weighted by Crippen LogP contribution is 2.24. The van der Waals surface area contributed by atoms with Gasteiger partial charge in [-0.15, -0.1) is 0 Å². The topological polar surface area (TPSA) is 73.3 Å². The van der Waals surface area contributed by atoms with Crippen LogP contribution in [-0.2, 0) is 4.74 Å². The summed E-state index contributed by atoms with van der Waals surface area (Å²) in [6, 6.07) is 15.3. The Morgan fingerprint density at radius 1 is 1.14 bits per heavy atom. The molecule has 0 aliphatic carbocycles. The lowest BCUT2D eigenvalue weighted by Crippen LogP contribution is -2.31. The maximum atomic E-state index is 12.2. The van der Waals surface area contributed by atoms with Crippen LogP contribution in [0.1, 0.15) is 28.8 Å². The Bertz CT molecular complexity index is 965. The minimum atomic E-state index is -0.120. The Hall–Kier alpha value is -3.25. The maximum absolute atomic E-state index is 12.2. The van der Waals surface area contributed by atoms with Gasteiger partial charge in [-0.05, 0) is 55.2 Å². The molecule has 1 fully saturated rings. The lowest BCUT2D eigenvalue weighted by atomic mass is 10.0. The van der Waals surface area contributed by atoms with E-state index in [1.165, 1.54) is 0 Å². The number of benzene rings is 2. The van der Waals surface area contributed by atoms with Crippen LogP contribution < -0.4 is 10.1 Å². The highest BCUT2D eigenvalue weighted by molar-refractivity contribution is 5.94. The molecule has 29 heavy (non-hydrogen) atoms. The summed E-state index contributed by atoms with van der Waals surface area (Å²) in [5, 5.41) is 2.91. The minimum Gasteiger partial charge on any atom is -0.424 e. The quantitative estimate of drug-likeness (QED) is 0.685. The van der Waals surface area contributed by atoms with Crippen LogP contribution in [0, 0.1) is 6.92 Å². The van der Waals surface area contributed by atoms with Crippen molar-refractivity contribution in [2.75, 3.05) is 13.2 Å². The fourth-order valence-corrected chi connectivity index (χ4v) is 3.30. The molecule has 4 rings (SSSR count). The van der Waals surface area contributed by atoms with Crippen molar-refractivity contribution in [3.8, 4) is 22.9 Å². The van der Waals surface area contributed by atoms with Gasteiger partial charge in [-0.1, -0.05) is 24.3 Å². The number of nitrogens with one attached hydrogen (secondary N) is 1. The van der Waals surface area contributed by atoms with E-state index in [0.29, 0.717) is 17.9 Å². The molecule has 3 aromatic rings. The second kappa shape index (κ2) is 8.84. The predicted octanol–water partition coefficient (Wildman–Crippen LogP) is 4.15. The normalized spacial score (nSPS) is 15.8. The highest BCUT2D eigenvalue weighted by atomic mass is 16.5. The third-order valence-corrected chi connectivity index (χ3v) is 4.92. The van der Waals surface area contributed by atoms with Crippen LogP contribution in [-0.4, -0.2) is 35.1 Å². The zero-order valence-electron chi connectivity index (χ0n) is 16.3. The number of aryl methyl sites for hydroxylation is 1. The molecule has 1 unspecified atom stereocenters. The predicted molar refractivity (Wildman–Crippen MR) is 110 cm³/mol. The van der Waals surface area contributed by atoms with E-state index in [1.807, 2.05) is 18.2 Å². The molecule has 0 bridgehead atoms. The standard InChI is InChI=1S/C23H23N3O3/c1-16-5-2-3-7-21(16)18-13-25-23(26-14-18)29-19-10-8-17(9-11-19)22(27)24-15-20-6-4-12-28-20/h2-3,5,7-11,13-14,20H,4,6,12,15H2,1H3,(H,24,27). The van der Waals surface area contributed by atoms with E-state index in [-0.39, 0.29) is 18.0 Å². The van der Waals surface area contributed by atoms with Crippen LogP contribution >= 0.6 is 0 Å². The van der Waals surface area contributed by atoms with Gasteiger partial charge >= 0.3 is 6.01 Å². The molecule has 1 atom stereocenters. The SMILES string of the molecule is Cc1ccccc1-c1cnc(Oc2ccc(C(=O)NCC3CCCO3)cc2)nc1. The first kappa shape index (κ1) is 19.1. The number of carbonyl (C=O) groups excluding carboxylic acids is 1. The molecule has 2 heterocycles. The van der Waals surface area contributed by atoms with Gasteiger partial charge in [0.25, 0.3) is 5.91 Å². The van der Waals surface area contributed by atoms with E-state index >= 15 is 0 Å². The third-order valence-electron chi connectivity index (χ3n) is 4.92. The van der Waals surface area contributed by atoms with Crippen LogP contribution in [0.4, 0.5) is 0 Å². The number of nitrogens with zero attached hydrogens (tertiary/aromatic N) is 2. The Morgan fingerprint density at radius 3 is 2.59 bits per heavy atom. The summed E-state index contributed by atoms with van der Waals surface area (Å²) in [6.45, 7) is 3.37. The van der Waals surface area contributed by atoms with Crippen molar-refractivity contribution in [3.63, 3.8) is 0 Å². The van der Waals surface area contributed by atoms with Gasteiger partial charge in [-0.25, -0.2) is 9.97 Å². The molecule has 0 radical (unpaired) electrons. The van der Waals surface area contributed by atoms with Crippen molar-refractivity contribution in [3.05, 3.63) is 72.1 Å². The van der Waals surface area contributed by atoms with Crippen LogP contribution in [0.15, 0.2) is 60.9 Å². The molecule has 1 aliphatic heterocycles. The number of rotatable bonds is 6. The lowest BCUT2D eigenvalue weighted by molar-refractivity contribution is 0.0858. The molecule has 6 nitrogen and oxygen atoms in total. The number of ether oxygens (including phenoxy) is 2. The van der Waals surface area contributed by atoms with Crippen molar-refractivity contribution < 1.29 is 14.3 Å². The highest BCUT2D eigenvalue weighted by Gasteiger charge is 2.16. The second-order valence-corrected chi connectivity index (χ2v) is 7.04. The molecule has 148 valence electrons. The van der Waals surface area contributed by atoms with Gasteiger partial charge in [-0.2, -0.15) is 0 Å². The summed E-state index contributed by atoms with van der Waals surface area (Å²) >= 11 is 0. The molecule has 1 aromatic heterocycles. The minimum absolute atomic E-state index is 0.120. The first-order valence-electron chi connectivity index (χ1n) is 9.75. The van der Waals surface area contributed by atoms with E-state index in [2.05, 4.69) is 28.3 Å². The van der Waals surface area contributed by atoms with Crippen molar-refractivity contribution >= 4 is 5.91 Å². The molecule has 1 saturated heterocycles. The molecule has 0 spiro atoms. The summed E-state index contributed by atoms with van der Waals surface area (Å²) in [5.74, 6) is 0.454. The van der Waals surface area contributed by atoms with E-state index in [1.54, 1.807) is 36.7 Å². The molecule has 1 aliphatic rings. The molecule has 1 N–H and O–H groups in total. The van der Waals surface area contributed by atoms with Crippen molar-refractivity contribution in [1.82, 2.24) is 15.3 Å². The smallest absolute Gasteiger partial charge is 0.321 e. The maximum Gasteiger partial charge on any atom is 0.321 e. The van der Waals surface area contributed by atoms with E-state index < -0.39 is 0 Å². The van der Waals surface area contributed by atoms with E-state index in [9.17, 15) is 4.79 Å². The summed E-state index contributed by atoms with van der Waals surface area (Å²) in [6.07, 6.45) is 5.67. The number of amides is 1. The fraction of sp³-hybridized carbons (Fsp3) is 0.261. The first-order chi connectivity index (χ1) is 14.2. The summed E-state index contributed by atoms with van der Waals surface area (Å²) in [5.41, 5.74) is 3.77. The Kier molecular flexibility index (Phi) is 5.81. The van der Waals surface area contributed by atoms with Gasteiger partial charge < -0.3 is 14.8 Å². The van der Waals surface area contributed by atoms with E-state index in [4.69, 9.17) is 9.47 Å². The van der Waals surface area contributed by atoms with Gasteiger partial charge in [0, 0.05) is 36.7 Å². The van der Waals surface area contributed by atoms with Crippen molar-refractivity contribution in [2.45, 2.75) is 25.9 Å². The van der Waals surface area contributed by atoms with Gasteiger partial charge in [0.1, 0.15) is 5.75 Å². The fourth-order valence-electron chi connectivity index (χ4n) is 3.30. The number of carbonyl (C=O) groups is 1. The summed E-state index contributed by atoms with van der Waals surface area (Å²) in [4.78, 5) is 20.8. The molecular formula is C23H23N3O3. The average molecular weight is 389 g/mol. The Balaban J connectivity index is 1.36. The van der Waals surface area contributed by atoms with Gasteiger partial charge in [0.15, 0.2) is 0 Å². The van der Waals surface area contributed by atoms with Crippen LogP contribution in [0.25, 0.3) is 11.1 Å². The second-order valence-electron chi connectivity index (χ2n) is 7.04. The van der Waals surface area contributed by atoms with E-state index in [0.717, 1.165) is 36.1 Å². The van der Waals surface area contributed by atoms with Gasteiger partial charge in [-0.3, -0.25) is 4.79 Å². The molecular weight excluding hydrogens is 366 g/mol. The molecule has 1 amide bonds. The molecule has 0 saturated carbocycles. The van der Waals surface area contributed by atoms with Gasteiger partial charge in [0.2, 0.25) is 0 Å². The summed E-state index contributed by atoms with van der Waals surface area (Å²) in [7, 11) is 0. The van der Waals surface area contributed by atoms with Crippen LogP contribution in [0.2, 0.25) is 0 Å². The Labute approximate surface area is 169 Å². The number of hydrogen-bond acceptors (Lipinski definition) is 5. The largest absolute Gasteiger partial charge is 0.424 e. The third kappa shape index (κ3) is 4.78. The molecule has 6 heteroatoms. The number of aromatic nitrogens is 2. The average Bonchev–Trinajstić information content (AvgIpc) is 3.27. The number of hydrogen-bond donors (Lipinski definition) is 1. The zero-order chi connectivity index (χ0) is 20.1. The first-order valence-corrected chi connectivity index (χ1v) is 9.75. The van der Waals surface area contributed by atoms with Crippen molar-refractivity contribution in [1.29, 1.82) is 0 Å². The lowest BCUT2D eigenvalue weighted by Gasteiger charge is -2.11. The summed E-state index contributed by atoms with van der Waals surface area (Å²) < 4.78 is 11.2. The zero-order valence-corrected chi connectivity index (χ0v) is 16.3. The monoisotopic (exact) mass is 389 g/mol. The Morgan fingerprint density at radius 2 is 1.90 bits per heavy atom. The van der Waals surface area contributed by atoms with Crippen LogP contribution in [0.5, 0.6) is 11.8 Å². The van der Waals surface area contributed by atoms with Gasteiger partial charge in [0.05, 0.1) is 6.10 Å². The molecule has 2 aromatic carbocycles. The van der Waals surface area contributed by atoms with Crippen molar-refractivity contribution in [2.24, 2.45) is 0 Å².